The largest absolute Gasteiger partial charge is 0.478 e. The summed E-state index contributed by atoms with van der Waals surface area (Å²) >= 11 is 0. The van der Waals surface area contributed by atoms with Crippen LogP contribution in [-0.2, 0) is 17.6 Å². The Hall–Kier alpha value is -1.98. The van der Waals surface area contributed by atoms with Crippen molar-refractivity contribution in [1.29, 1.82) is 0 Å². The minimum atomic E-state index is -4.77. The first-order valence-corrected chi connectivity index (χ1v) is 7.41. The molecule has 3 nitrogen and oxygen atoms in total. The molecule has 0 fully saturated rings. The molecule has 2 aliphatic rings. The van der Waals surface area contributed by atoms with Gasteiger partial charge < -0.3 is 9.84 Å². The van der Waals surface area contributed by atoms with Crippen LogP contribution in [0.1, 0.15) is 37.0 Å². The summed E-state index contributed by atoms with van der Waals surface area (Å²) in [5, 5.41) is 9.06. The molecule has 23 heavy (non-hydrogen) atoms. The van der Waals surface area contributed by atoms with Gasteiger partial charge >= 0.3 is 12.1 Å². The molecule has 0 bridgehead atoms. The number of benzene rings is 1. The van der Waals surface area contributed by atoms with E-state index < -0.39 is 23.8 Å². The van der Waals surface area contributed by atoms with Gasteiger partial charge in [0.25, 0.3) is 0 Å². The van der Waals surface area contributed by atoms with Gasteiger partial charge in [0.1, 0.15) is 5.75 Å². The first-order chi connectivity index (χ1) is 10.6. The van der Waals surface area contributed by atoms with Crippen molar-refractivity contribution in [2.75, 3.05) is 0 Å². The summed E-state index contributed by atoms with van der Waals surface area (Å²) in [7, 11) is 0. The number of fused-ring (bicyclic) bond motifs is 3. The maximum atomic E-state index is 13.2. The maximum absolute atomic E-state index is 13.2. The van der Waals surface area contributed by atoms with E-state index in [1.54, 1.807) is 6.07 Å². The number of hydrogen-bond acceptors (Lipinski definition) is 2. The van der Waals surface area contributed by atoms with Crippen LogP contribution in [0.15, 0.2) is 17.7 Å². The van der Waals surface area contributed by atoms with E-state index in [1.807, 2.05) is 6.07 Å². The number of carboxylic acids is 1. The molecular weight excluding hydrogens is 309 g/mol. The fourth-order valence-electron chi connectivity index (χ4n) is 3.29. The summed E-state index contributed by atoms with van der Waals surface area (Å²) in [6, 6.07) is 3.51. The molecule has 0 aromatic heterocycles. The molecule has 1 unspecified atom stereocenters. The van der Waals surface area contributed by atoms with Crippen LogP contribution in [0.2, 0.25) is 0 Å². The zero-order valence-electron chi connectivity index (χ0n) is 12.8. The van der Waals surface area contributed by atoms with Gasteiger partial charge in [-0.25, -0.2) is 4.79 Å². The van der Waals surface area contributed by atoms with Gasteiger partial charge in [0.15, 0.2) is 0 Å². The quantitative estimate of drug-likeness (QED) is 0.849. The Morgan fingerprint density at radius 2 is 2.04 bits per heavy atom. The summed E-state index contributed by atoms with van der Waals surface area (Å²) in [5.74, 6) is -1.43. The molecule has 0 amide bonds. The Kier molecular flexibility index (Phi) is 3.46. The average molecular weight is 326 g/mol. The molecule has 3 rings (SSSR count). The van der Waals surface area contributed by atoms with Crippen LogP contribution in [0.3, 0.4) is 0 Å². The molecule has 1 aromatic rings. The standard InChI is InChI=1S/C17H17F3O3/c1-16(2)6-5-11-10(8-16)4-3-9-7-12(15(21)22)14(17(18,19)20)23-13(9)11/h3-4,7,14H,5-6,8H2,1-2H3,(H,21,22). The van der Waals surface area contributed by atoms with E-state index in [-0.39, 0.29) is 11.2 Å². The second-order valence-electron chi connectivity index (χ2n) is 6.91. The minimum absolute atomic E-state index is 0.0986. The molecule has 0 saturated heterocycles. The first-order valence-electron chi connectivity index (χ1n) is 7.41. The Morgan fingerprint density at radius 3 is 2.65 bits per heavy atom. The number of rotatable bonds is 1. The third-order valence-electron chi connectivity index (χ3n) is 4.48. The molecule has 1 aliphatic heterocycles. The zero-order valence-corrected chi connectivity index (χ0v) is 12.8. The molecule has 124 valence electrons. The van der Waals surface area contributed by atoms with Crippen molar-refractivity contribution < 1.29 is 27.8 Å². The fraction of sp³-hybridized carbons (Fsp3) is 0.471. The van der Waals surface area contributed by atoms with E-state index in [0.29, 0.717) is 12.0 Å². The van der Waals surface area contributed by atoms with Crippen LogP contribution in [-0.4, -0.2) is 23.4 Å². The monoisotopic (exact) mass is 326 g/mol. The van der Waals surface area contributed by atoms with Gasteiger partial charge in [-0.3, -0.25) is 0 Å². The van der Waals surface area contributed by atoms with Gasteiger partial charge in [-0.15, -0.1) is 0 Å². The Morgan fingerprint density at radius 1 is 1.35 bits per heavy atom. The summed E-state index contributed by atoms with van der Waals surface area (Å²) < 4.78 is 44.7. The number of halogens is 3. The van der Waals surface area contributed by atoms with Gasteiger partial charge in [-0.2, -0.15) is 13.2 Å². The summed E-state index contributed by atoms with van der Waals surface area (Å²) in [6.45, 7) is 4.24. The van der Waals surface area contributed by atoms with E-state index in [0.717, 1.165) is 30.0 Å². The van der Waals surface area contributed by atoms with Crippen molar-refractivity contribution >= 4 is 12.0 Å². The molecule has 0 saturated carbocycles. The van der Waals surface area contributed by atoms with E-state index in [4.69, 9.17) is 9.84 Å². The first kappa shape index (κ1) is 15.9. The Bertz CT molecular complexity index is 702. The predicted molar refractivity (Wildman–Crippen MR) is 78.3 cm³/mol. The second-order valence-corrected chi connectivity index (χ2v) is 6.91. The highest BCUT2D eigenvalue weighted by Crippen LogP contribution is 2.44. The molecule has 1 heterocycles. The van der Waals surface area contributed by atoms with Gasteiger partial charge in [0.05, 0.1) is 5.57 Å². The number of carboxylic acid groups (broad SMARTS) is 1. The number of alkyl halides is 3. The highest BCUT2D eigenvalue weighted by molar-refractivity contribution is 5.95. The molecule has 1 aromatic carbocycles. The van der Waals surface area contributed by atoms with Crippen molar-refractivity contribution in [2.45, 2.75) is 45.4 Å². The maximum Gasteiger partial charge on any atom is 0.430 e. The van der Waals surface area contributed by atoms with Crippen molar-refractivity contribution in [1.82, 2.24) is 0 Å². The van der Waals surface area contributed by atoms with Crippen LogP contribution in [0.5, 0.6) is 5.75 Å². The molecule has 6 heteroatoms. The van der Waals surface area contributed by atoms with E-state index in [9.17, 15) is 18.0 Å². The minimum Gasteiger partial charge on any atom is -0.478 e. The summed E-state index contributed by atoms with van der Waals surface area (Å²) in [4.78, 5) is 11.1. The predicted octanol–water partition coefficient (Wildman–Crippen LogP) is 3.99. The van der Waals surface area contributed by atoms with Gasteiger partial charge in [-0.05, 0) is 41.9 Å². The second kappa shape index (κ2) is 5.01. The van der Waals surface area contributed by atoms with Crippen LogP contribution in [0.4, 0.5) is 13.2 Å². The molecule has 1 atom stereocenters. The Labute approximate surface area is 131 Å². The van der Waals surface area contributed by atoms with Crippen molar-refractivity contribution in [2.24, 2.45) is 5.41 Å². The lowest BCUT2D eigenvalue weighted by molar-refractivity contribution is -0.187. The van der Waals surface area contributed by atoms with Gasteiger partial charge in [0.2, 0.25) is 6.10 Å². The van der Waals surface area contributed by atoms with Crippen LogP contribution in [0.25, 0.3) is 6.08 Å². The van der Waals surface area contributed by atoms with Gasteiger partial charge in [0, 0.05) is 5.56 Å². The van der Waals surface area contributed by atoms with Crippen LogP contribution < -0.4 is 4.74 Å². The van der Waals surface area contributed by atoms with Gasteiger partial charge in [-0.1, -0.05) is 26.0 Å². The molecular formula is C17H17F3O3. The number of hydrogen-bond donors (Lipinski definition) is 1. The van der Waals surface area contributed by atoms with Crippen molar-refractivity contribution in [3.63, 3.8) is 0 Å². The van der Waals surface area contributed by atoms with Crippen LogP contribution in [0, 0.1) is 5.41 Å². The van der Waals surface area contributed by atoms with E-state index >= 15 is 0 Å². The fourth-order valence-corrected chi connectivity index (χ4v) is 3.29. The molecule has 1 aliphatic carbocycles. The average Bonchev–Trinajstić information content (AvgIpc) is 2.43. The lowest BCUT2D eigenvalue weighted by Gasteiger charge is -2.35. The number of ether oxygens (including phenoxy) is 1. The van der Waals surface area contributed by atoms with E-state index in [2.05, 4.69) is 13.8 Å². The highest BCUT2D eigenvalue weighted by Gasteiger charge is 2.49. The van der Waals surface area contributed by atoms with E-state index in [1.165, 1.54) is 0 Å². The van der Waals surface area contributed by atoms with Crippen LogP contribution >= 0.6 is 0 Å². The summed E-state index contributed by atoms with van der Waals surface area (Å²) in [6.07, 6.45) is -3.85. The smallest absolute Gasteiger partial charge is 0.430 e. The van der Waals surface area contributed by atoms with Crippen molar-refractivity contribution in [3.05, 3.63) is 34.4 Å². The normalized spacial score (nSPS) is 22.5. The third kappa shape index (κ3) is 2.82. The number of aliphatic carboxylic acids is 1. The van der Waals surface area contributed by atoms with Crippen molar-refractivity contribution in [3.8, 4) is 5.75 Å². The molecule has 0 spiro atoms. The topological polar surface area (TPSA) is 46.5 Å². The Balaban J connectivity index is 2.11. The summed E-state index contributed by atoms with van der Waals surface area (Å²) in [5.41, 5.74) is 1.48. The molecule has 1 N–H and O–H groups in total. The SMILES string of the molecule is CC1(C)CCc2c(ccc3c2OC(C(F)(F)F)C(C(=O)O)=C3)C1. The highest BCUT2D eigenvalue weighted by atomic mass is 19.4. The lowest BCUT2D eigenvalue weighted by Crippen LogP contribution is -2.40. The lowest BCUT2D eigenvalue weighted by atomic mass is 9.73. The zero-order chi connectivity index (χ0) is 17.0. The molecule has 0 radical (unpaired) electrons. The number of carbonyl (C=O) groups is 1. The third-order valence-corrected chi connectivity index (χ3v) is 4.48.